The van der Waals surface area contributed by atoms with E-state index in [1.807, 2.05) is 38.2 Å². The number of nitrogens with one attached hydrogen (secondary N) is 2. The molecule has 0 saturated carbocycles. The molecule has 3 aromatic heterocycles. The van der Waals surface area contributed by atoms with Crippen LogP contribution in [0.5, 0.6) is 0 Å². The third kappa shape index (κ3) is 10.1. The van der Waals surface area contributed by atoms with E-state index in [2.05, 4.69) is 74.1 Å². The molecule has 0 amide bonds. The number of thiophene rings is 1. The molecular weight excluding hydrogens is 692 g/mol. The molecule has 1 fully saturated rings. The summed E-state index contributed by atoms with van der Waals surface area (Å²) in [5.41, 5.74) is 7.54. The van der Waals surface area contributed by atoms with Gasteiger partial charge in [0.05, 0.1) is 28.0 Å². The van der Waals surface area contributed by atoms with Crippen LogP contribution in [0.1, 0.15) is 56.5 Å². The minimum absolute atomic E-state index is 0.0148. The van der Waals surface area contributed by atoms with E-state index in [1.165, 1.54) is 12.0 Å². The van der Waals surface area contributed by atoms with Gasteiger partial charge >= 0.3 is 0 Å². The van der Waals surface area contributed by atoms with Crippen molar-refractivity contribution >= 4 is 52.0 Å². The maximum absolute atomic E-state index is 14.2. The van der Waals surface area contributed by atoms with Crippen molar-refractivity contribution in [3.63, 3.8) is 0 Å². The van der Waals surface area contributed by atoms with Crippen LogP contribution in [0.25, 0.3) is 21.9 Å². The van der Waals surface area contributed by atoms with Crippen LogP contribution in [0.2, 0.25) is 0 Å². The average Bonchev–Trinajstić information content (AvgIpc) is 3.78. The number of carbonyl (C=O) groups is 1. The third-order valence-corrected chi connectivity index (χ3v) is 10.1. The maximum Gasteiger partial charge on any atom is 0.212 e. The number of hydrogen-bond acceptors (Lipinski definition) is 10. The fourth-order valence-corrected chi connectivity index (χ4v) is 6.51. The Bertz CT molecular complexity index is 2180. The number of aliphatic imine (C=N–C) groups is 1. The molecule has 2 N–H and O–H groups in total. The first-order valence-electron chi connectivity index (χ1n) is 17.4. The molecule has 0 bridgehead atoms. The summed E-state index contributed by atoms with van der Waals surface area (Å²) in [6.45, 7) is 11.8. The van der Waals surface area contributed by atoms with Gasteiger partial charge in [-0.1, -0.05) is 23.8 Å². The second kappa shape index (κ2) is 18.9. The highest BCUT2D eigenvalue weighted by atomic mass is 32.1. The number of rotatable bonds is 11. The Kier molecular flexibility index (Phi) is 13.8. The normalized spacial score (nSPS) is 14.4. The van der Waals surface area contributed by atoms with Gasteiger partial charge in [0.15, 0.2) is 0 Å². The highest BCUT2D eigenvalue weighted by molar-refractivity contribution is 7.12. The van der Waals surface area contributed by atoms with E-state index in [9.17, 15) is 9.18 Å². The molecule has 1 saturated heterocycles. The summed E-state index contributed by atoms with van der Waals surface area (Å²) < 4.78 is 26.7. The van der Waals surface area contributed by atoms with Gasteiger partial charge in [0, 0.05) is 68.3 Å². The van der Waals surface area contributed by atoms with Crippen molar-refractivity contribution in [2.24, 2.45) is 12.0 Å². The molecule has 5 aromatic rings. The average molecular weight is 737 g/mol. The second-order valence-electron chi connectivity index (χ2n) is 12.6. The number of aryl methyl sites for hydroxylation is 2. The number of aromatic amines is 1. The predicted octanol–water partition coefficient (Wildman–Crippen LogP) is 7.92. The number of hydrogen-bond donors (Lipinski definition) is 2. The van der Waals surface area contributed by atoms with Crippen molar-refractivity contribution in [1.29, 1.82) is 5.26 Å². The highest BCUT2D eigenvalue weighted by Gasteiger charge is 2.17. The first-order valence-corrected chi connectivity index (χ1v) is 18.2. The number of nitriles is 1. The van der Waals surface area contributed by atoms with E-state index in [0.29, 0.717) is 26.8 Å². The summed E-state index contributed by atoms with van der Waals surface area (Å²) in [5, 5.41) is 20.2. The van der Waals surface area contributed by atoms with Gasteiger partial charge in [-0.15, -0.1) is 11.3 Å². The van der Waals surface area contributed by atoms with Crippen LogP contribution in [0.3, 0.4) is 0 Å². The summed E-state index contributed by atoms with van der Waals surface area (Å²) in [6, 6.07) is 13.7. The lowest BCUT2D eigenvalue weighted by Gasteiger charge is -2.25. The van der Waals surface area contributed by atoms with Gasteiger partial charge in [-0.2, -0.15) is 10.4 Å². The van der Waals surface area contributed by atoms with Crippen molar-refractivity contribution in [3.8, 4) is 6.07 Å². The molecule has 0 spiro atoms. The Morgan fingerprint density at radius 2 is 2.04 bits per heavy atom. The molecule has 0 unspecified atom stereocenters. The van der Waals surface area contributed by atoms with Crippen molar-refractivity contribution in [1.82, 2.24) is 24.6 Å². The number of aromatic nitrogens is 4. The van der Waals surface area contributed by atoms with Crippen LogP contribution in [0, 0.1) is 31.0 Å². The molecule has 0 radical (unpaired) electrons. The Hall–Kier alpha value is -5.42. The zero-order chi connectivity index (χ0) is 37.7. The van der Waals surface area contributed by atoms with Crippen molar-refractivity contribution in [2.75, 3.05) is 38.7 Å². The van der Waals surface area contributed by atoms with E-state index >= 15 is 0 Å². The number of benzene rings is 2. The SMILES string of the molecule is C1COC1.C=N/C(=C\C=C/CC1=CCN(Cc2nc3cc(NC)ccc3n2C)CC1)OCc1sc(C#N)c(C)c1F.Cc1[nH]nc2ccc(C=O)cc12. The number of carbonyl (C=O) groups excluding carboxylic acids is 1. The lowest BCUT2D eigenvalue weighted by molar-refractivity contribution is 0.0367. The van der Waals surface area contributed by atoms with E-state index < -0.39 is 5.82 Å². The summed E-state index contributed by atoms with van der Waals surface area (Å²) in [5.74, 6) is 0.988. The van der Waals surface area contributed by atoms with Crippen LogP contribution >= 0.6 is 11.3 Å². The standard InChI is InChI=1S/C28H31FN6OS.C9H8N2O.C3H6O/c1-19-24(16-30)37-25(28(19)29)18-36-27(32-3)8-6-5-7-20-11-13-35(14-12-20)17-26-33-22-15-21(31-2)9-10-23(22)34(26)4;1-6-8-4-7(5-12)2-3-9(8)11-10-6;1-2-4-3-1/h5-6,8-11,15,31H,3,7,12-14,17-18H2,1-2,4H3;2-5H,1H3,(H,10,11);1-3H2/b6-5-,27-8+;;. The Balaban J connectivity index is 0.000000275. The van der Waals surface area contributed by atoms with E-state index in [0.717, 1.165) is 102 Å². The number of nitrogens with zero attached hydrogens (tertiary/aromatic N) is 6. The van der Waals surface area contributed by atoms with Gasteiger partial charge in [-0.3, -0.25) is 14.8 Å². The van der Waals surface area contributed by atoms with Crippen LogP contribution in [0.4, 0.5) is 10.1 Å². The smallest absolute Gasteiger partial charge is 0.212 e. The fourth-order valence-electron chi connectivity index (χ4n) is 5.61. The number of aldehydes is 1. The minimum Gasteiger partial charge on any atom is -0.472 e. The predicted molar refractivity (Wildman–Crippen MR) is 210 cm³/mol. The molecule has 11 nitrogen and oxygen atoms in total. The second-order valence-corrected chi connectivity index (χ2v) is 13.7. The van der Waals surface area contributed by atoms with E-state index in [1.54, 1.807) is 19.1 Å². The third-order valence-electron chi connectivity index (χ3n) is 9.00. The first-order chi connectivity index (χ1) is 25.7. The maximum atomic E-state index is 14.2. The van der Waals surface area contributed by atoms with Crippen LogP contribution in [0.15, 0.2) is 77.2 Å². The molecule has 53 heavy (non-hydrogen) atoms. The molecule has 2 aliphatic heterocycles. The number of ether oxygens (including phenoxy) is 2. The van der Waals surface area contributed by atoms with Crippen LogP contribution < -0.4 is 5.32 Å². The summed E-state index contributed by atoms with van der Waals surface area (Å²) in [7, 11) is 3.99. The lowest BCUT2D eigenvalue weighted by atomic mass is 10.0. The van der Waals surface area contributed by atoms with Gasteiger partial charge in [-0.05, 0) is 82.3 Å². The van der Waals surface area contributed by atoms with Crippen molar-refractivity contribution < 1.29 is 18.7 Å². The number of H-pyrrole nitrogens is 1. The monoisotopic (exact) mass is 736 g/mol. The van der Waals surface area contributed by atoms with Gasteiger partial charge in [0.1, 0.15) is 35.5 Å². The molecule has 276 valence electrons. The Labute approximate surface area is 313 Å². The summed E-state index contributed by atoms with van der Waals surface area (Å²) in [4.78, 5) is 22.3. The zero-order valence-corrected chi connectivity index (χ0v) is 31.4. The van der Waals surface area contributed by atoms with Gasteiger partial charge < -0.3 is 19.4 Å². The molecule has 13 heteroatoms. The molecule has 7 rings (SSSR count). The van der Waals surface area contributed by atoms with Crippen LogP contribution in [-0.2, 0) is 29.7 Å². The molecule has 0 aliphatic carbocycles. The highest BCUT2D eigenvalue weighted by Crippen LogP contribution is 2.27. The Morgan fingerprint density at radius 3 is 2.68 bits per heavy atom. The molecule has 2 aromatic carbocycles. The first kappa shape index (κ1) is 38.8. The van der Waals surface area contributed by atoms with Crippen molar-refractivity contribution in [2.45, 2.75) is 46.3 Å². The van der Waals surface area contributed by atoms with E-state index in [-0.39, 0.29) is 6.61 Å². The quantitative estimate of drug-likeness (QED) is 0.0460. The Morgan fingerprint density at radius 1 is 1.25 bits per heavy atom. The topological polar surface area (TPSA) is 133 Å². The van der Waals surface area contributed by atoms with E-state index in [4.69, 9.17) is 19.7 Å². The molecule has 0 atom stereocenters. The zero-order valence-electron chi connectivity index (χ0n) is 30.6. The van der Waals surface area contributed by atoms with Crippen LogP contribution in [-0.4, -0.2) is 71.0 Å². The fraction of sp³-hybridized carbons (Fsp3) is 0.325. The molecule has 5 heterocycles. The largest absolute Gasteiger partial charge is 0.472 e. The number of anilines is 1. The number of allylic oxidation sites excluding steroid dienone is 3. The molecule has 2 aliphatic rings. The van der Waals surface area contributed by atoms with Crippen molar-refractivity contribution in [3.05, 3.63) is 110 Å². The number of imidazole rings is 1. The summed E-state index contributed by atoms with van der Waals surface area (Å²) in [6.07, 6.45) is 11.9. The van der Waals surface area contributed by atoms with Gasteiger partial charge in [0.25, 0.3) is 0 Å². The molecular formula is C40H45FN8O3S. The number of halogens is 1. The number of fused-ring (bicyclic) bond motifs is 2. The lowest BCUT2D eigenvalue weighted by Crippen LogP contribution is -2.29. The van der Waals surface area contributed by atoms with Gasteiger partial charge in [-0.25, -0.2) is 14.4 Å². The van der Waals surface area contributed by atoms with Gasteiger partial charge in [0.2, 0.25) is 5.88 Å². The summed E-state index contributed by atoms with van der Waals surface area (Å²) >= 11 is 1.10. The minimum atomic E-state index is -0.391.